The number of benzene rings is 2. The molecule has 24 heavy (non-hydrogen) atoms. The largest absolute Gasteiger partial charge is 0.324 e. The smallest absolute Gasteiger partial charge is 0.321 e. The zero-order valence-electron chi connectivity index (χ0n) is 13.2. The Balaban J connectivity index is 1.67. The van der Waals surface area contributed by atoms with Gasteiger partial charge in [0.2, 0.25) is 0 Å². The zero-order valence-corrected chi connectivity index (χ0v) is 14.8. The molecule has 2 aromatic rings. The van der Waals surface area contributed by atoms with E-state index in [9.17, 15) is 10.1 Å². The van der Waals surface area contributed by atoms with Gasteiger partial charge in [-0.15, -0.1) is 0 Å². The van der Waals surface area contributed by atoms with Crippen LogP contribution >= 0.6 is 15.9 Å². The number of anilines is 1. The van der Waals surface area contributed by atoms with Crippen molar-refractivity contribution < 1.29 is 4.79 Å². The Hall–Kier alpha value is -2.32. The van der Waals surface area contributed by atoms with Crippen molar-refractivity contribution in [3.63, 3.8) is 0 Å². The molecule has 0 radical (unpaired) electrons. The number of halogens is 1. The molecule has 1 aliphatic heterocycles. The van der Waals surface area contributed by atoms with Crippen molar-refractivity contribution in [3.8, 4) is 6.07 Å². The molecule has 1 fully saturated rings. The fourth-order valence-corrected chi connectivity index (χ4v) is 3.45. The zero-order chi connectivity index (χ0) is 17.0. The van der Waals surface area contributed by atoms with Gasteiger partial charge in [-0.25, -0.2) is 4.79 Å². The molecule has 0 aromatic heterocycles. The molecule has 1 N–H and O–H groups in total. The number of para-hydroxylation sites is 1. The molecule has 122 valence electrons. The van der Waals surface area contributed by atoms with E-state index in [0.29, 0.717) is 25.9 Å². The molecular weight excluding hydrogens is 366 g/mol. The maximum absolute atomic E-state index is 12.5. The van der Waals surface area contributed by atoms with Crippen molar-refractivity contribution in [3.05, 3.63) is 64.6 Å². The minimum absolute atomic E-state index is 0.124. The topological polar surface area (TPSA) is 56.1 Å². The summed E-state index contributed by atoms with van der Waals surface area (Å²) in [6, 6.07) is 19.8. The maximum Gasteiger partial charge on any atom is 0.321 e. The number of nitrogens with zero attached hydrogens (tertiary/aromatic N) is 2. The van der Waals surface area contributed by atoms with Crippen molar-refractivity contribution in [1.29, 1.82) is 5.26 Å². The Morgan fingerprint density at radius 1 is 1.08 bits per heavy atom. The number of nitriles is 1. The van der Waals surface area contributed by atoms with Gasteiger partial charge in [-0.1, -0.05) is 42.5 Å². The molecule has 2 amide bonds. The van der Waals surface area contributed by atoms with Crippen molar-refractivity contribution in [2.75, 3.05) is 18.4 Å². The normalized spacial score (nSPS) is 16.2. The molecule has 1 aliphatic rings. The lowest BCUT2D eigenvalue weighted by atomic mass is 9.74. The van der Waals surface area contributed by atoms with Gasteiger partial charge in [-0.3, -0.25) is 0 Å². The second kappa shape index (κ2) is 7.06. The lowest BCUT2D eigenvalue weighted by molar-refractivity contribution is 0.183. The van der Waals surface area contributed by atoms with Crippen LogP contribution in [0.1, 0.15) is 18.4 Å². The average Bonchev–Trinajstić information content (AvgIpc) is 2.64. The van der Waals surface area contributed by atoms with Gasteiger partial charge in [-0.05, 0) is 46.5 Å². The van der Waals surface area contributed by atoms with Crippen molar-refractivity contribution in [1.82, 2.24) is 4.90 Å². The lowest BCUT2D eigenvalue weighted by Gasteiger charge is -2.37. The summed E-state index contributed by atoms with van der Waals surface area (Å²) in [5, 5.41) is 12.6. The number of hydrogen-bond acceptors (Lipinski definition) is 2. The first-order chi connectivity index (χ1) is 11.6. The number of carbonyl (C=O) groups is 1. The van der Waals surface area contributed by atoms with Crippen LogP contribution in [0.2, 0.25) is 0 Å². The molecule has 3 rings (SSSR count). The highest BCUT2D eigenvalue weighted by Crippen LogP contribution is 2.35. The van der Waals surface area contributed by atoms with Crippen LogP contribution < -0.4 is 5.32 Å². The highest BCUT2D eigenvalue weighted by molar-refractivity contribution is 9.10. The second-order valence-electron chi connectivity index (χ2n) is 5.96. The van der Waals surface area contributed by atoms with Crippen molar-refractivity contribution in [2.45, 2.75) is 18.3 Å². The fourth-order valence-electron chi connectivity index (χ4n) is 3.07. The van der Waals surface area contributed by atoms with E-state index in [0.717, 1.165) is 15.7 Å². The fraction of sp³-hybridized carbons (Fsp3) is 0.263. The number of rotatable bonds is 2. The average molecular weight is 384 g/mol. The first kappa shape index (κ1) is 16.5. The number of amides is 2. The quantitative estimate of drug-likeness (QED) is 0.827. The minimum atomic E-state index is -0.495. The van der Waals surface area contributed by atoms with Crippen LogP contribution in [0.25, 0.3) is 0 Å². The molecule has 2 aromatic carbocycles. The van der Waals surface area contributed by atoms with Crippen LogP contribution in [0, 0.1) is 11.3 Å². The highest BCUT2D eigenvalue weighted by atomic mass is 79.9. The highest BCUT2D eigenvalue weighted by Gasteiger charge is 2.37. The Kier molecular flexibility index (Phi) is 4.86. The number of nitrogens with one attached hydrogen (secondary N) is 1. The molecule has 0 aliphatic carbocycles. The first-order valence-corrected chi connectivity index (χ1v) is 8.71. The Bertz CT molecular complexity index is 762. The van der Waals surface area contributed by atoms with Gasteiger partial charge in [0.25, 0.3) is 0 Å². The summed E-state index contributed by atoms with van der Waals surface area (Å²) >= 11 is 3.43. The van der Waals surface area contributed by atoms with Crippen LogP contribution in [0.5, 0.6) is 0 Å². The number of hydrogen-bond donors (Lipinski definition) is 1. The summed E-state index contributed by atoms with van der Waals surface area (Å²) in [6.45, 7) is 1.14. The van der Waals surface area contributed by atoms with E-state index < -0.39 is 5.41 Å². The molecule has 0 atom stereocenters. The summed E-state index contributed by atoms with van der Waals surface area (Å²) in [6.07, 6.45) is 1.30. The summed E-state index contributed by atoms with van der Waals surface area (Å²) < 4.78 is 0.853. The van der Waals surface area contributed by atoms with Gasteiger partial charge in [0.15, 0.2) is 0 Å². The minimum Gasteiger partial charge on any atom is -0.324 e. The van der Waals surface area contributed by atoms with Gasteiger partial charge >= 0.3 is 6.03 Å². The van der Waals surface area contributed by atoms with E-state index in [1.807, 2.05) is 54.6 Å². The summed E-state index contributed by atoms with van der Waals surface area (Å²) in [7, 11) is 0. The molecule has 1 heterocycles. The summed E-state index contributed by atoms with van der Waals surface area (Å²) in [4.78, 5) is 14.2. The Labute approximate surface area is 150 Å². The molecule has 4 nitrogen and oxygen atoms in total. The van der Waals surface area contributed by atoms with Crippen molar-refractivity contribution in [2.24, 2.45) is 0 Å². The van der Waals surface area contributed by atoms with Gasteiger partial charge in [0, 0.05) is 17.6 Å². The predicted molar refractivity (Wildman–Crippen MR) is 97.7 cm³/mol. The number of piperidine rings is 1. The Morgan fingerprint density at radius 3 is 2.33 bits per heavy atom. The number of likely N-dealkylation sites (tertiary alicyclic amines) is 1. The first-order valence-electron chi connectivity index (χ1n) is 7.92. The molecule has 0 saturated carbocycles. The van der Waals surface area contributed by atoms with E-state index in [-0.39, 0.29) is 6.03 Å². The van der Waals surface area contributed by atoms with E-state index in [4.69, 9.17) is 0 Å². The molecule has 5 heteroatoms. The predicted octanol–water partition coefficient (Wildman–Crippen LogP) is 4.54. The summed E-state index contributed by atoms with van der Waals surface area (Å²) in [5.41, 5.74) is 1.30. The Morgan fingerprint density at radius 2 is 1.71 bits per heavy atom. The third-order valence-corrected chi connectivity index (χ3v) is 5.25. The van der Waals surface area contributed by atoms with Gasteiger partial charge in [0.05, 0.1) is 17.2 Å². The summed E-state index contributed by atoms with van der Waals surface area (Å²) in [5.74, 6) is 0. The van der Waals surface area contributed by atoms with E-state index in [1.165, 1.54) is 0 Å². The standard InChI is InChI=1S/C19H18BrN3O/c20-16-8-4-5-9-17(16)22-18(24)23-12-10-19(14-21,11-13-23)15-6-2-1-3-7-15/h1-9H,10-13H2,(H,22,24). The van der Waals surface area contributed by atoms with Gasteiger partial charge < -0.3 is 10.2 Å². The third kappa shape index (κ3) is 3.29. The molecule has 1 saturated heterocycles. The van der Waals surface area contributed by atoms with Crippen LogP contribution in [-0.4, -0.2) is 24.0 Å². The van der Waals surface area contributed by atoms with Gasteiger partial charge in [0.1, 0.15) is 0 Å². The SMILES string of the molecule is N#CC1(c2ccccc2)CCN(C(=O)Nc2ccccc2Br)CC1. The van der Waals surface area contributed by atoms with E-state index >= 15 is 0 Å². The number of urea groups is 1. The molecule has 0 unspecified atom stereocenters. The van der Waals surface area contributed by atoms with Crippen LogP contribution in [0.4, 0.5) is 10.5 Å². The second-order valence-corrected chi connectivity index (χ2v) is 6.81. The third-order valence-electron chi connectivity index (χ3n) is 4.56. The monoisotopic (exact) mass is 383 g/mol. The lowest BCUT2D eigenvalue weighted by Crippen LogP contribution is -2.46. The molecule has 0 bridgehead atoms. The molecular formula is C19H18BrN3O. The van der Waals surface area contributed by atoms with Gasteiger partial charge in [-0.2, -0.15) is 5.26 Å². The van der Waals surface area contributed by atoms with Crippen LogP contribution in [0.3, 0.4) is 0 Å². The van der Waals surface area contributed by atoms with E-state index in [2.05, 4.69) is 27.3 Å². The number of carbonyl (C=O) groups excluding carboxylic acids is 1. The van der Waals surface area contributed by atoms with Crippen LogP contribution in [0.15, 0.2) is 59.1 Å². The maximum atomic E-state index is 12.5. The van der Waals surface area contributed by atoms with Crippen LogP contribution in [-0.2, 0) is 5.41 Å². The van der Waals surface area contributed by atoms with E-state index in [1.54, 1.807) is 4.90 Å². The molecule has 0 spiro atoms. The van der Waals surface area contributed by atoms with Crippen molar-refractivity contribution >= 4 is 27.6 Å².